The average molecular weight is 265 g/mol. The molecule has 3 heteroatoms. The Morgan fingerprint density at radius 1 is 1.44 bits per heavy atom. The quantitative estimate of drug-likeness (QED) is 0.874. The molecule has 2 nitrogen and oxygen atoms in total. The van der Waals surface area contributed by atoms with E-state index in [4.69, 9.17) is 0 Å². The monoisotopic (exact) mass is 265 g/mol. The minimum atomic E-state index is 0.258. The molecule has 1 aromatic rings. The molecule has 18 heavy (non-hydrogen) atoms. The van der Waals surface area contributed by atoms with Crippen LogP contribution in [0.1, 0.15) is 43.9 Å². The normalized spacial score (nSPS) is 19.6. The molecule has 0 saturated heterocycles. The summed E-state index contributed by atoms with van der Waals surface area (Å²) in [5.74, 6) is 0.381. The van der Waals surface area contributed by atoms with Gasteiger partial charge in [-0.1, -0.05) is 6.07 Å². The molecule has 0 bridgehead atoms. The third kappa shape index (κ3) is 3.21. The standard InChI is InChI=1S/C15H23NOS/c1-15(2,18-3)10-16-14-6-4-5-11-7-8-12(17)9-13(11)14/h7-9,14,16-17H,4-6,10H2,1-3H3. The first kappa shape index (κ1) is 13.8. The zero-order chi connectivity index (χ0) is 13.2. The number of benzene rings is 1. The van der Waals surface area contributed by atoms with Crippen LogP contribution in [0, 0.1) is 0 Å². The number of nitrogens with one attached hydrogen (secondary N) is 1. The van der Waals surface area contributed by atoms with Crippen molar-refractivity contribution in [1.82, 2.24) is 5.32 Å². The highest BCUT2D eigenvalue weighted by Gasteiger charge is 2.23. The summed E-state index contributed by atoms with van der Waals surface area (Å²) in [7, 11) is 0. The van der Waals surface area contributed by atoms with Gasteiger partial charge in [0.1, 0.15) is 5.75 Å². The lowest BCUT2D eigenvalue weighted by Crippen LogP contribution is -2.35. The fourth-order valence-electron chi connectivity index (χ4n) is 2.44. The summed E-state index contributed by atoms with van der Waals surface area (Å²) >= 11 is 1.89. The summed E-state index contributed by atoms with van der Waals surface area (Å²) < 4.78 is 0.258. The van der Waals surface area contributed by atoms with Gasteiger partial charge in [0.2, 0.25) is 0 Å². The van der Waals surface area contributed by atoms with Gasteiger partial charge in [-0.25, -0.2) is 0 Å². The first-order chi connectivity index (χ1) is 8.52. The molecule has 0 aromatic heterocycles. The third-order valence-electron chi connectivity index (χ3n) is 3.77. The van der Waals surface area contributed by atoms with Crippen LogP contribution in [-0.2, 0) is 6.42 Å². The molecule has 0 radical (unpaired) electrons. The maximum atomic E-state index is 9.65. The maximum absolute atomic E-state index is 9.65. The van der Waals surface area contributed by atoms with Crippen molar-refractivity contribution in [3.05, 3.63) is 29.3 Å². The Kier molecular flexibility index (Phi) is 4.23. The Morgan fingerprint density at radius 2 is 2.22 bits per heavy atom. The lowest BCUT2D eigenvalue weighted by Gasteiger charge is -2.30. The number of aromatic hydroxyl groups is 1. The second-order valence-corrected chi connectivity index (χ2v) is 7.19. The predicted octanol–water partition coefficient (Wildman–Crippen LogP) is 3.50. The lowest BCUT2D eigenvalue weighted by molar-refractivity contribution is 0.432. The van der Waals surface area contributed by atoms with E-state index in [1.54, 1.807) is 6.07 Å². The molecule has 0 spiro atoms. The molecule has 2 N–H and O–H groups in total. The second-order valence-electron chi connectivity index (χ2n) is 5.67. The van der Waals surface area contributed by atoms with Crippen LogP contribution >= 0.6 is 11.8 Å². The molecule has 0 fully saturated rings. The number of phenols is 1. The van der Waals surface area contributed by atoms with Crippen molar-refractivity contribution in [2.24, 2.45) is 0 Å². The molecule has 1 aromatic carbocycles. The summed E-state index contributed by atoms with van der Waals surface area (Å²) in [6.45, 7) is 5.52. The van der Waals surface area contributed by atoms with Gasteiger partial charge in [-0.2, -0.15) is 11.8 Å². The van der Waals surface area contributed by atoms with Crippen LogP contribution in [0.15, 0.2) is 18.2 Å². The van der Waals surface area contributed by atoms with Gasteiger partial charge in [0.15, 0.2) is 0 Å². The second kappa shape index (κ2) is 5.54. The van der Waals surface area contributed by atoms with Crippen LogP contribution in [-0.4, -0.2) is 22.7 Å². The number of hydrogen-bond acceptors (Lipinski definition) is 3. The van der Waals surface area contributed by atoms with E-state index in [0.29, 0.717) is 11.8 Å². The first-order valence-corrected chi connectivity index (χ1v) is 7.85. The van der Waals surface area contributed by atoms with Crippen LogP contribution < -0.4 is 5.32 Å². The highest BCUT2D eigenvalue weighted by atomic mass is 32.2. The van der Waals surface area contributed by atoms with Gasteiger partial charge in [-0.15, -0.1) is 0 Å². The zero-order valence-corrected chi connectivity index (χ0v) is 12.3. The molecule has 0 amide bonds. The van der Waals surface area contributed by atoms with E-state index >= 15 is 0 Å². The van der Waals surface area contributed by atoms with Crippen molar-refractivity contribution >= 4 is 11.8 Å². The number of thioether (sulfide) groups is 1. The smallest absolute Gasteiger partial charge is 0.115 e. The molecule has 2 rings (SSSR count). The third-order valence-corrected chi connectivity index (χ3v) is 5.02. The van der Waals surface area contributed by atoms with Crippen LogP contribution in [0.25, 0.3) is 0 Å². The molecule has 1 unspecified atom stereocenters. The molecule has 0 saturated carbocycles. The van der Waals surface area contributed by atoms with Gasteiger partial charge in [0.25, 0.3) is 0 Å². The molecule has 1 aliphatic rings. The van der Waals surface area contributed by atoms with Crippen molar-refractivity contribution in [3.63, 3.8) is 0 Å². The predicted molar refractivity (Wildman–Crippen MR) is 79.4 cm³/mol. The van der Waals surface area contributed by atoms with Crippen LogP contribution in [0.5, 0.6) is 5.75 Å². The van der Waals surface area contributed by atoms with E-state index in [0.717, 1.165) is 13.0 Å². The number of aryl methyl sites for hydroxylation is 1. The molecule has 100 valence electrons. The van der Waals surface area contributed by atoms with Crippen LogP contribution in [0.3, 0.4) is 0 Å². The fourth-order valence-corrected chi connectivity index (χ4v) is 2.67. The van der Waals surface area contributed by atoms with E-state index in [1.165, 1.54) is 24.0 Å². The summed E-state index contributed by atoms with van der Waals surface area (Å²) in [5.41, 5.74) is 2.68. The van der Waals surface area contributed by atoms with Gasteiger partial charge >= 0.3 is 0 Å². The van der Waals surface area contributed by atoms with Gasteiger partial charge in [-0.3, -0.25) is 0 Å². The van der Waals surface area contributed by atoms with Gasteiger partial charge < -0.3 is 10.4 Å². The number of rotatable bonds is 4. The minimum Gasteiger partial charge on any atom is -0.508 e. The number of hydrogen-bond donors (Lipinski definition) is 2. The molecule has 0 aliphatic heterocycles. The van der Waals surface area contributed by atoms with Crippen molar-refractivity contribution in [1.29, 1.82) is 0 Å². The average Bonchev–Trinajstić information content (AvgIpc) is 2.36. The maximum Gasteiger partial charge on any atom is 0.115 e. The van der Waals surface area contributed by atoms with E-state index in [2.05, 4.69) is 31.5 Å². The lowest BCUT2D eigenvalue weighted by atomic mass is 9.87. The number of phenolic OH excluding ortho intramolecular Hbond substituents is 1. The number of fused-ring (bicyclic) bond motifs is 1. The van der Waals surface area contributed by atoms with Crippen molar-refractivity contribution in [2.75, 3.05) is 12.8 Å². The van der Waals surface area contributed by atoms with Crippen molar-refractivity contribution in [2.45, 2.75) is 43.9 Å². The van der Waals surface area contributed by atoms with E-state index in [9.17, 15) is 5.11 Å². The van der Waals surface area contributed by atoms with E-state index in [1.807, 2.05) is 17.8 Å². The van der Waals surface area contributed by atoms with Crippen LogP contribution in [0.2, 0.25) is 0 Å². The minimum absolute atomic E-state index is 0.258. The SMILES string of the molecule is CSC(C)(C)CNC1CCCc2ccc(O)cc21. The molecule has 1 aliphatic carbocycles. The molecule has 1 atom stereocenters. The summed E-state index contributed by atoms with van der Waals surface area (Å²) in [4.78, 5) is 0. The summed E-state index contributed by atoms with van der Waals surface area (Å²) in [5, 5.41) is 13.3. The fraction of sp³-hybridized carbons (Fsp3) is 0.600. The molecule has 0 heterocycles. The Balaban J connectivity index is 2.10. The zero-order valence-electron chi connectivity index (χ0n) is 11.5. The highest BCUT2D eigenvalue weighted by molar-refractivity contribution is 7.99. The molecular weight excluding hydrogens is 242 g/mol. The largest absolute Gasteiger partial charge is 0.508 e. The van der Waals surface area contributed by atoms with E-state index in [-0.39, 0.29) is 4.75 Å². The summed E-state index contributed by atoms with van der Waals surface area (Å²) in [6, 6.07) is 6.19. The Labute approximate surface area is 114 Å². The Bertz CT molecular complexity index is 417. The highest BCUT2D eigenvalue weighted by Crippen LogP contribution is 2.33. The van der Waals surface area contributed by atoms with Gasteiger partial charge in [0.05, 0.1) is 0 Å². The Morgan fingerprint density at radius 3 is 2.94 bits per heavy atom. The topological polar surface area (TPSA) is 32.3 Å². The summed E-state index contributed by atoms with van der Waals surface area (Å²) in [6.07, 6.45) is 5.69. The van der Waals surface area contributed by atoms with Gasteiger partial charge in [-0.05, 0) is 62.6 Å². The molecular formula is C15H23NOS. The van der Waals surface area contributed by atoms with Crippen molar-refractivity contribution in [3.8, 4) is 5.75 Å². The van der Waals surface area contributed by atoms with E-state index < -0.39 is 0 Å². The van der Waals surface area contributed by atoms with Crippen molar-refractivity contribution < 1.29 is 5.11 Å². The first-order valence-electron chi connectivity index (χ1n) is 6.62. The van der Waals surface area contributed by atoms with Gasteiger partial charge in [0, 0.05) is 17.3 Å². The van der Waals surface area contributed by atoms with Crippen LogP contribution in [0.4, 0.5) is 0 Å². The Hall–Kier alpha value is -0.670.